The fourth-order valence-electron chi connectivity index (χ4n) is 2.63. The normalized spacial score (nSPS) is 21.0. The highest BCUT2D eigenvalue weighted by Crippen LogP contribution is 2.27. The van der Waals surface area contributed by atoms with E-state index in [0.29, 0.717) is 5.92 Å². The van der Waals surface area contributed by atoms with Crippen LogP contribution in [-0.4, -0.2) is 29.9 Å². The second-order valence-electron chi connectivity index (χ2n) is 5.08. The van der Waals surface area contributed by atoms with Gasteiger partial charge in [0.2, 0.25) is 5.91 Å². The third-order valence-corrected chi connectivity index (χ3v) is 3.69. The number of carbonyl (C=O) groups is 1. The standard InChI is InChI=1S/C15H22N2O/c1-2-6-14(16)15(18)17-10-9-13(11-17)12-7-4-3-5-8-12/h3-5,7-8,13-14H,2,6,9-11,16H2,1H3/t13?,14-/m0/s1. The number of rotatable bonds is 4. The second-order valence-corrected chi connectivity index (χ2v) is 5.08. The van der Waals surface area contributed by atoms with Gasteiger partial charge in [0.05, 0.1) is 6.04 Å². The van der Waals surface area contributed by atoms with Gasteiger partial charge in [-0.15, -0.1) is 0 Å². The molecule has 1 heterocycles. The molecule has 3 nitrogen and oxygen atoms in total. The molecule has 0 bridgehead atoms. The van der Waals surface area contributed by atoms with E-state index in [4.69, 9.17) is 5.73 Å². The third-order valence-electron chi connectivity index (χ3n) is 3.69. The van der Waals surface area contributed by atoms with Crippen LogP contribution >= 0.6 is 0 Å². The SMILES string of the molecule is CCC[C@H](N)C(=O)N1CCC(c2ccccc2)C1. The van der Waals surface area contributed by atoms with Crippen molar-refractivity contribution >= 4 is 5.91 Å². The maximum absolute atomic E-state index is 12.1. The minimum absolute atomic E-state index is 0.121. The Morgan fingerprint density at radius 3 is 2.83 bits per heavy atom. The molecule has 0 radical (unpaired) electrons. The first-order valence-corrected chi connectivity index (χ1v) is 6.81. The molecule has 0 aliphatic carbocycles. The van der Waals surface area contributed by atoms with Crippen molar-refractivity contribution in [1.82, 2.24) is 4.90 Å². The van der Waals surface area contributed by atoms with Gasteiger partial charge in [-0.3, -0.25) is 4.79 Å². The molecule has 1 fully saturated rings. The van der Waals surface area contributed by atoms with Crippen LogP contribution in [0.5, 0.6) is 0 Å². The molecule has 1 aromatic carbocycles. The molecule has 1 amide bonds. The maximum atomic E-state index is 12.1. The molecule has 0 aromatic heterocycles. The van der Waals surface area contributed by atoms with Gasteiger partial charge < -0.3 is 10.6 Å². The van der Waals surface area contributed by atoms with E-state index in [1.807, 2.05) is 11.0 Å². The van der Waals surface area contributed by atoms with Gasteiger partial charge in [0.15, 0.2) is 0 Å². The van der Waals surface area contributed by atoms with Crippen molar-refractivity contribution in [3.8, 4) is 0 Å². The zero-order valence-electron chi connectivity index (χ0n) is 11.0. The molecule has 98 valence electrons. The Balaban J connectivity index is 1.94. The van der Waals surface area contributed by atoms with Gasteiger partial charge in [0, 0.05) is 19.0 Å². The van der Waals surface area contributed by atoms with Crippen molar-refractivity contribution in [3.63, 3.8) is 0 Å². The summed E-state index contributed by atoms with van der Waals surface area (Å²) in [6.45, 7) is 3.72. The highest BCUT2D eigenvalue weighted by atomic mass is 16.2. The van der Waals surface area contributed by atoms with Gasteiger partial charge in [0.1, 0.15) is 0 Å². The van der Waals surface area contributed by atoms with Crippen molar-refractivity contribution in [3.05, 3.63) is 35.9 Å². The summed E-state index contributed by atoms with van der Waals surface area (Å²) in [7, 11) is 0. The predicted molar refractivity (Wildman–Crippen MR) is 73.3 cm³/mol. The molecule has 2 rings (SSSR count). The number of hydrogen-bond donors (Lipinski definition) is 1. The van der Waals surface area contributed by atoms with Crippen molar-refractivity contribution < 1.29 is 4.79 Å². The molecule has 1 aliphatic heterocycles. The van der Waals surface area contributed by atoms with Crippen LogP contribution in [0, 0.1) is 0 Å². The third kappa shape index (κ3) is 2.91. The van der Waals surface area contributed by atoms with Gasteiger partial charge in [-0.1, -0.05) is 43.7 Å². The quantitative estimate of drug-likeness (QED) is 0.884. The van der Waals surface area contributed by atoms with Crippen molar-refractivity contribution in [2.24, 2.45) is 5.73 Å². The first kappa shape index (κ1) is 13.1. The summed E-state index contributed by atoms with van der Waals surface area (Å²) in [5.74, 6) is 0.597. The second kappa shape index (κ2) is 6.01. The lowest BCUT2D eigenvalue weighted by molar-refractivity contribution is -0.131. The number of nitrogens with two attached hydrogens (primary N) is 1. The van der Waals surface area contributed by atoms with Crippen LogP contribution < -0.4 is 5.73 Å². The van der Waals surface area contributed by atoms with Gasteiger partial charge in [-0.25, -0.2) is 0 Å². The zero-order chi connectivity index (χ0) is 13.0. The van der Waals surface area contributed by atoms with Crippen molar-refractivity contribution in [2.45, 2.75) is 38.1 Å². The summed E-state index contributed by atoms with van der Waals surface area (Å²) in [6, 6.07) is 10.1. The molecule has 2 N–H and O–H groups in total. The number of hydrogen-bond acceptors (Lipinski definition) is 2. The van der Waals surface area contributed by atoms with Crippen LogP contribution in [0.4, 0.5) is 0 Å². The van der Waals surface area contributed by atoms with Crippen LogP contribution in [-0.2, 0) is 4.79 Å². The van der Waals surface area contributed by atoms with E-state index in [1.165, 1.54) is 5.56 Å². The number of nitrogens with zero attached hydrogens (tertiary/aromatic N) is 1. The smallest absolute Gasteiger partial charge is 0.239 e. The molecule has 1 saturated heterocycles. The monoisotopic (exact) mass is 246 g/mol. The molecular weight excluding hydrogens is 224 g/mol. The molecule has 1 aliphatic rings. The molecule has 1 unspecified atom stereocenters. The van der Waals surface area contributed by atoms with E-state index in [2.05, 4.69) is 31.2 Å². The van der Waals surface area contributed by atoms with Crippen molar-refractivity contribution in [2.75, 3.05) is 13.1 Å². The van der Waals surface area contributed by atoms with Crippen LogP contribution in [0.15, 0.2) is 30.3 Å². The van der Waals surface area contributed by atoms with E-state index in [1.54, 1.807) is 0 Å². The number of carbonyl (C=O) groups excluding carboxylic acids is 1. The van der Waals surface area contributed by atoms with E-state index in [9.17, 15) is 4.79 Å². The average Bonchev–Trinajstić information content (AvgIpc) is 2.89. The van der Waals surface area contributed by atoms with E-state index >= 15 is 0 Å². The fourth-order valence-corrected chi connectivity index (χ4v) is 2.63. The molecule has 1 aromatic rings. The Morgan fingerprint density at radius 1 is 1.44 bits per heavy atom. The first-order chi connectivity index (χ1) is 8.72. The summed E-state index contributed by atoms with van der Waals surface area (Å²) in [5, 5.41) is 0. The van der Waals surface area contributed by atoms with Crippen LogP contribution in [0.25, 0.3) is 0 Å². The Labute approximate surface area is 109 Å². The molecule has 3 heteroatoms. The predicted octanol–water partition coefficient (Wildman–Crippen LogP) is 2.13. The minimum Gasteiger partial charge on any atom is -0.341 e. The molecule has 0 spiro atoms. The van der Waals surface area contributed by atoms with E-state index in [0.717, 1.165) is 32.4 Å². The van der Waals surface area contributed by atoms with Gasteiger partial charge in [0.25, 0.3) is 0 Å². The lowest BCUT2D eigenvalue weighted by Crippen LogP contribution is -2.42. The van der Waals surface area contributed by atoms with E-state index in [-0.39, 0.29) is 11.9 Å². The van der Waals surface area contributed by atoms with E-state index < -0.39 is 0 Å². The average molecular weight is 246 g/mol. The first-order valence-electron chi connectivity index (χ1n) is 6.81. The molecular formula is C15H22N2O. The summed E-state index contributed by atoms with van der Waals surface area (Å²) < 4.78 is 0. The highest BCUT2D eigenvalue weighted by molar-refractivity contribution is 5.82. The van der Waals surface area contributed by atoms with Crippen LogP contribution in [0.3, 0.4) is 0 Å². The minimum atomic E-state index is -0.315. The summed E-state index contributed by atoms with van der Waals surface area (Å²) >= 11 is 0. The van der Waals surface area contributed by atoms with Crippen LogP contribution in [0.1, 0.15) is 37.7 Å². The Bertz CT molecular complexity index is 391. The lowest BCUT2D eigenvalue weighted by Gasteiger charge is -2.20. The fraction of sp³-hybridized carbons (Fsp3) is 0.533. The number of likely N-dealkylation sites (tertiary alicyclic amines) is 1. The highest BCUT2D eigenvalue weighted by Gasteiger charge is 2.29. The Morgan fingerprint density at radius 2 is 2.17 bits per heavy atom. The Kier molecular flexibility index (Phi) is 4.37. The number of amides is 1. The topological polar surface area (TPSA) is 46.3 Å². The largest absolute Gasteiger partial charge is 0.341 e. The molecule has 0 saturated carbocycles. The zero-order valence-corrected chi connectivity index (χ0v) is 11.0. The van der Waals surface area contributed by atoms with Crippen molar-refractivity contribution in [1.29, 1.82) is 0 Å². The maximum Gasteiger partial charge on any atom is 0.239 e. The number of benzene rings is 1. The van der Waals surface area contributed by atoms with Gasteiger partial charge in [-0.05, 0) is 18.4 Å². The summed E-state index contributed by atoms with van der Waals surface area (Å²) in [6.07, 6.45) is 2.79. The van der Waals surface area contributed by atoms with Crippen LogP contribution in [0.2, 0.25) is 0 Å². The molecule has 2 atom stereocenters. The Hall–Kier alpha value is -1.35. The summed E-state index contributed by atoms with van der Waals surface area (Å²) in [5.41, 5.74) is 7.23. The van der Waals surface area contributed by atoms with Gasteiger partial charge >= 0.3 is 0 Å². The van der Waals surface area contributed by atoms with Gasteiger partial charge in [-0.2, -0.15) is 0 Å². The lowest BCUT2D eigenvalue weighted by atomic mass is 9.99. The summed E-state index contributed by atoms with van der Waals surface area (Å²) in [4.78, 5) is 14.0. The molecule has 18 heavy (non-hydrogen) atoms.